The molecule has 0 saturated carbocycles. The molecule has 0 aliphatic carbocycles. The van der Waals surface area contributed by atoms with E-state index in [9.17, 15) is 4.79 Å². The van der Waals surface area contributed by atoms with Gasteiger partial charge >= 0.3 is 0 Å². The molecule has 134 valence electrons. The number of amides is 1. The van der Waals surface area contributed by atoms with Crippen LogP contribution in [-0.2, 0) is 4.79 Å². The van der Waals surface area contributed by atoms with Crippen molar-refractivity contribution in [1.29, 1.82) is 0 Å². The van der Waals surface area contributed by atoms with Crippen molar-refractivity contribution in [2.75, 3.05) is 0 Å². The van der Waals surface area contributed by atoms with Crippen molar-refractivity contribution in [3.8, 4) is 11.3 Å². The maximum atomic E-state index is 12.4. The molecule has 0 bridgehead atoms. The normalized spacial score (nSPS) is 12.5. The summed E-state index contributed by atoms with van der Waals surface area (Å²) in [6, 6.07) is 16.7. The smallest absolute Gasteiger partial charge is 0.264 e. The summed E-state index contributed by atoms with van der Waals surface area (Å²) in [7, 11) is 0. The van der Waals surface area contributed by atoms with Gasteiger partial charge in [0.25, 0.3) is 5.91 Å². The van der Waals surface area contributed by atoms with Crippen molar-refractivity contribution < 1.29 is 4.79 Å². The van der Waals surface area contributed by atoms with E-state index >= 15 is 0 Å². The molecular formula is C19H17N7O. The van der Waals surface area contributed by atoms with Crippen LogP contribution in [0.1, 0.15) is 18.5 Å². The predicted molar refractivity (Wildman–Crippen MR) is 102 cm³/mol. The highest BCUT2D eigenvalue weighted by Crippen LogP contribution is 2.19. The minimum atomic E-state index is -0.549. The molecule has 0 unspecified atom stereocenters. The van der Waals surface area contributed by atoms with E-state index in [1.165, 1.54) is 0 Å². The van der Waals surface area contributed by atoms with Crippen molar-refractivity contribution in [3.63, 3.8) is 0 Å². The standard InChI is InChI=1S/C19H17N7O/c1-13(26-17-10-6-5-9-16(17)22-25-26)19(27)24-21-12-15-11-20-23-18(15)14-7-3-2-4-8-14/h2-13H,1H3,(H,20,23)(H,24,27)/b21-12-/t13-/m1/s1. The van der Waals surface area contributed by atoms with Crippen LogP contribution in [0.5, 0.6) is 0 Å². The van der Waals surface area contributed by atoms with Gasteiger partial charge < -0.3 is 0 Å². The topological polar surface area (TPSA) is 101 Å². The molecule has 2 N–H and O–H groups in total. The van der Waals surface area contributed by atoms with Crippen molar-refractivity contribution in [3.05, 3.63) is 66.4 Å². The highest BCUT2D eigenvalue weighted by atomic mass is 16.2. The van der Waals surface area contributed by atoms with E-state index in [4.69, 9.17) is 0 Å². The second-order valence-corrected chi connectivity index (χ2v) is 6.00. The van der Waals surface area contributed by atoms with Crippen LogP contribution in [0.4, 0.5) is 0 Å². The van der Waals surface area contributed by atoms with Crippen molar-refractivity contribution in [2.24, 2.45) is 5.10 Å². The SMILES string of the molecule is C[C@H](C(=O)N/N=C\c1cn[nH]c1-c1ccccc1)n1nnc2ccccc21. The summed E-state index contributed by atoms with van der Waals surface area (Å²) in [6.45, 7) is 1.75. The number of H-pyrrole nitrogens is 1. The van der Waals surface area contributed by atoms with Gasteiger partial charge in [-0.25, -0.2) is 10.1 Å². The van der Waals surface area contributed by atoms with Gasteiger partial charge in [0.1, 0.15) is 11.6 Å². The first kappa shape index (κ1) is 16.6. The third-order valence-electron chi connectivity index (χ3n) is 4.23. The van der Waals surface area contributed by atoms with E-state index in [0.29, 0.717) is 0 Å². The monoisotopic (exact) mass is 359 g/mol. The number of hydrogen-bond donors (Lipinski definition) is 2. The number of aromatic nitrogens is 5. The van der Waals surface area contributed by atoms with Gasteiger partial charge in [-0.1, -0.05) is 47.7 Å². The largest absolute Gasteiger partial charge is 0.277 e. The van der Waals surface area contributed by atoms with E-state index < -0.39 is 6.04 Å². The second-order valence-electron chi connectivity index (χ2n) is 6.00. The molecule has 4 rings (SSSR count). The van der Waals surface area contributed by atoms with E-state index in [0.717, 1.165) is 27.9 Å². The molecule has 1 amide bonds. The Hall–Kier alpha value is -3.81. The minimum Gasteiger partial charge on any atom is -0.277 e. The molecule has 0 aliphatic heterocycles. The lowest BCUT2D eigenvalue weighted by molar-refractivity contribution is -0.124. The van der Waals surface area contributed by atoms with Crippen LogP contribution in [0.3, 0.4) is 0 Å². The number of carbonyl (C=O) groups excluding carboxylic acids is 1. The molecule has 1 atom stereocenters. The average molecular weight is 359 g/mol. The van der Waals surface area contributed by atoms with Gasteiger partial charge in [-0.3, -0.25) is 9.89 Å². The molecule has 0 spiro atoms. The van der Waals surface area contributed by atoms with Crippen molar-refractivity contribution in [1.82, 2.24) is 30.6 Å². The molecule has 8 heteroatoms. The van der Waals surface area contributed by atoms with E-state index in [1.807, 2.05) is 54.6 Å². The zero-order chi connectivity index (χ0) is 18.6. The molecule has 27 heavy (non-hydrogen) atoms. The van der Waals surface area contributed by atoms with Crippen LogP contribution < -0.4 is 5.43 Å². The summed E-state index contributed by atoms with van der Waals surface area (Å²) in [5, 5.41) is 19.2. The Kier molecular flexibility index (Phi) is 4.44. The van der Waals surface area contributed by atoms with Crippen molar-refractivity contribution in [2.45, 2.75) is 13.0 Å². The minimum absolute atomic E-state index is 0.286. The first-order valence-corrected chi connectivity index (χ1v) is 8.45. The number of para-hydroxylation sites is 1. The first-order valence-electron chi connectivity index (χ1n) is 8.45. The van der Waals surface area contributed by atoms with E-state index in [-0.39, 0.29) is 5.91 Å². The number of benzene rings is 2. The molecule has 2 aromatic heterocycles. The van der Waals surface area contributed by atoms with Gasteiger partial charge in [0.2, 0.25) is 0 Å². The van der Waals surface area contributed by atoms with Gasteiger partial charge in [0, 0.05) is 11.1 Å². The highest BCUT2D eigenvalue weighted by molar-refractivity contribution is 5.90. The van der Waals surface area contributed by atoms with Crippen LogP contribution in [0, 0.1) is 0 Å². The molecule has 0 fully saturated rings. The molecule has 2 heterocycles. The number of nitrogens with zero attached hydrogens (tertiary/aromatic N) is 5. The first-order chi connectivity index (χ1) is 13.2. The Morgan fingerprint density at radius 1 is 1.19 bits per heavy atom. The fraction of sp³-hybridized carbons (Fsp3) is 0.105. The summed E-state index contributed by atoms with van der Waals surface area (Å²) in [6.07, 6.45) is 3.22. The number of carbonyl (C=O) groups is 1. The zero-order valence-corrected chi connectivity index (χ0v) is 14.6. The van der Waals surface area contributed by atoms with E-state index in [2.05, 4.69) is 31.0 Å². The molecule has 0 saturated heterocycles. The molecule has 0 aliphatic rings. The number of hydrogen-bond acceptors (Lipinski definition) is 5. The van der Waals surface area contributed by atoms with Gasteiger partial charge in [-0.15, -0.1) is 5.10 Å². The lowest BCUT2D eigenvalue weighted by atomic mass is 10.1. The van der Waals surface area contributed by atoms with Gasteiger partial charge in [0.05, 0.1) is 23.6 Å². The summed E-state index contributed by atoms with van der Waals surface area (Å²) < 4.78 is 1.58. The highest BCUT2D eigenvalue weighted by Gasteiger charge is 2.18. The fourth-order valence-corrected chi connectivity index (χ4v) is 2.77. The lowest BCUT2D eigenvalue weighted by Gasteiger charge is -2.10. The molecule has 4 aromatic rings. The molecule has 2 aromatic carbocycles. The summed E-state index contributed by atoms with van der Waals surface area (Å²) in [4.78, 5) is 12.4. The van der Waals surface area contributed by atoms with E-state index in [1.54, 1.807) is 24.0 Å². The Bertz CT molecular complexity index is 1100. The lowest BCUT2D eigenvalue weighted by Crippen LogP contribution is -2.28. The number of rotatable bonds is 5. The Balaban J connectivity index is 1.48. The number of hydrazone groups is 1. The van der Waals surface area contributed by atoms with Crippen LogP contribution in [0.2, 0.25) is 0 Å². The quantitative estimate of drug-likeness (QED) is 0.422. The van der Waals surface area contributed by atoms with Gasteiger partial charge in [-0.2, -0.15) is 10.2 Å². The summed E-state index contributed by atoms with van der Waals surface area (Å²) >= 11 is 0. The van der Waals surface area contributed by atoms with Crippen LogP contribution in [0.25, 0.3) is 22.3 Å². The predicted octanol–water partition coefficient (Wildman–Crippen LogP) is 2.53. The summed E-state index contributed by atoms with van der Waals surface area (Å²) in [5.41, 5.74) is 6.70. The molecule has 0 radical (unpaired) electrons. The Labute approximate surface area is 154 Å². The third kappa shape index (κ3) is 3.32. The Morgan fingerprint density at radius 2 is 1.96 bits per heavy atom. The van der Waals surface area contributed by atoms with Crippen LogP contribution >= 0.6 is 0 Å². The Morgan fingerprint density at radius 3 is 2.81 bits per heavy atom. The maximum Gasteiger partial charge on any atom is 0.264 e. The zero-order valence-electron chi connectivity index (χ0n) is 14.6. The van der Waals surface area contributed by atoms with Gasteiger partial charge in [0.15, 0.2) is 0 Å². The molecular weight excluding hydrogens is 342 g/mol. The number of nitrogens with one attached hydrogen (secondary N) is 2. The second kappa shape index (κ2) is 7.20. The van der Waals surface area contributed by atoms with Crippen LogP contribution in [-0.4, -0.2) is 37.3 Å². The fourth-order valence-electron chi connectivity index (χ4n) is 2.77. The summed E-state index contributed by atoms with van der Waals surface area (Å²) in [5.74, 6) is -0.286. The maximum absolute atomic E-state index is 12.4. The third-order valence-corrected chi connectivity index (χ3v) is 4.23. The number of aromatic amines is 1. The van der Waals surface area contributed by atoms with Crippen LogP contribution in [0.15, 0.2) is 65.9 Å². The van der Waals surface area contributed by atoms with Crippen molar-refractivity contribution >= 4 is 23.2 Å². The molecule has 8 nitrogen and oxygen atoms in total. The number of fused-ring (bicyclic) bond motifs is 1. The average Bonchev–Trinajstić information content (AvgIpc) is 3.35. The van der Waals surface area contributed by atoms with Gasteiger partial charge in [-0.05, 0) is 19.1 Å².